The van der Waals surface area contributed by atoms with E-state index >= 15 is 0 Å². The van der Waals surface area contributed by atoms with Crippen molar-refractivity contribution < 1.29 is 0 Å². The fourth-order valence-corrected chi connectivity index (χ4v) is 4.01. The number of benzene rings is 1. The largest absolute Gasteiger partial charge is 0.307 e. The van der Waals surface area contributed by atoms with Gasteiger partial charge < -0.3 is 5.32 Å². The second-order valence-corrected chi connectivity index (χ2v) is 6.45. The van der Waals surface area contributed by atoms with Gasteiger partial charge in [-0.3, -0.25) is 0 Å². The van der Waals surface area contributed by atoms with E-state index in [1.54, 1.807) is 0 Å². The molecule has 2 unspecified atom stereocenters. The first-order chi connectivity index (χ1) is 9.17. The summed E-state index contributed by atoms with van der Waals surface area (Å²) in [7, 11) is 0. The molecule has 0 saturated heterocycles. The van der Waals surface area contributed by atoms with Crippen molar-refractivity contribution in [1.29, 1.82) is 0 Å². The highest BCUT2D eigenvalue weighted by Crippen LogP contribution is 2.34. The van der Waals surface area contributed by atoms with E-state index in [2.05, 4.69) is 57.3 Å². The summed E-state index contributed by atoms with van der Waals surface area (Å²) in [5.41, 5.74) is 1.45. The molecule has 0 aliphatic carbocycles. The van der Waals surface area contributed by atoms with Crippen LogP contribution in [0.5, 0.6) is 0 Å². The molecule has 0 aliphatic rings. The number of hydrogen-bond acceptors (Lipinski definition) is 2. The molecule has 1 heterocycles. The van der Waals surface area contributed by atoms with Gasteiger partial charge in [0.25, 0.3) is 0 Å². The lowest BCUT2D eigenvalue weighted by atomic mass is 10.1. The minimum Gasteiger partial charge on any atom is -0.307 e. The lowest BCUT2D eigenvalue weighted by Crippen LogP contribution is -2.30. The molecule has 1 N–H and O–H groups in total. The molecule has 0 amide bonds. The highest BCUT2D eigenvalue weighted by Gasteiger charge is 2.16. The van der Waals surface area contributed by atoms with Crippen molar-refractivity contribution >= 4 is 21.4 Å². The number of fused-ring (bicyclic) bond motifs is 1. The number of hydrogen-bond donors (Lipinski definition) is 1. The van der Waals surface area contributed by atoms with Crippen LogP contribution in [-0.4, -0.2) is 6.04 Å². The van der Waals surface area contributed by atoms with Crippen LogP contribution < -0.4 is 5.32 Å². The van der Waals surface area contributed by atoms with Crippen molar-refractivity contribution in [3.05, 3.63) is 34.7 Å². The Hall–Kier alpha value is -0.860. The second kappa shape index (κ2) is 6.53. The van der Waals surface area contributed by atoms with Crippen molar-refractivity contribution in [3.8, 4) is 0 Å². The van der Waals surface area contributed by atoms with Crippen LogP contribution in [0.1, 0.15) is 56.5 Å². The van der Waals surface area contributed by atoms with Crippen molar-refractivity contribution in [2.75, 3.05) is 0 Å². The lowest BCUT2D eigenvalue weighted by molar-refractivity contribution is 0.419. The molecular weight excluding hydrogens is 250 g/mol. The molecule has 2 rings (SSSR count). The Kier molecular flexibility index (Phi) is 5.00. The van der Waals surface area contributed by atoms with Crippen molar-refractivity contribution in [3.63, 3.8) is 0 Å². The molecule has 2 atom stereocenters. The molecule has 1 nitrogen and oxygen atoms in total. The van der Waals surface area contributed by atoms with Crippen molar-refractivity contribution in [1.82, 2.24) is 5.32 Å². The van der Waals surface area contributed by atoms with E-state index in [1.807, 2.05) is 11.3 Å². The van der Waals surface area contributed by atoms with Gasteiger partial charge >= 0.3 is 0 Å². The van der Waals surface area contributed by atoms with Crippen LogP contribution in [0.25, 0.3) is 10.1 Å². The molecule has 104 valence electrons. The molecule has 2 aromatic rings. The Morgan fingerprint density at radius 1 is 1.21 bits per heavy atom. The normalized spacial score (nSPS) is 14.7. The maximum absolute atomic E-state index is 3.80. The molecule has 0 spiro atoms. The average molecular weight is 275 g/mol. The number of aryl methyl sites for hydroxylation is 1. The van der Waals surface area contributed by atoms with E-state index < -0.39 is 0 Å². The van der Waals surface area contributed by atoms with Crippen molar-refractivity contribution in [2.24, 2.45) is 0 Å². The third-order valence-electron chi connectivity index (χ3n) is 3.89. The summed E-state index contributed by atoms with van der Waals surface area (Å²) in [6, 6.07) is 9.83. The summed E-state index contributed by atoms with van der Waals surface area (Å²) >= 11 is 1.94. The highest BCUT2D eigenvalue weighted by molar-refractivity contribution is 7.19. The third kappa shape index (κ3) is 3.18. The van der Waals surface area contributed by atoms with E-state index in [1.165, 1.54) is 39.8 Å². The minimum atomic E-state index is 0.453. The first-order valence-corrected chi connectivity index (χ1v) is 8.23. The van der Waals surface area contributed by atoms with Gasteiger partial charge in [-0.1, -0.05) is 38.5 Å². The molecule has 1 aromatic heterocycles. The van der Waals surface area contributed by atoms with E-state index in [4.69, 9.17) is 0 Å². The van der Waals surface area contributed by atoms with Gasteiger partial charge in [0.2, 0.25) is 0 Å². The van der Waals surface area contributed by atoms with E-state index in [-0.39, 0.29) is 0 Å². The monoisotopic (exact) mass is 275 g/mol. The fourth-order valence-electron chi connectivity index (χ4n) is 2.79. The maximum Gasteiger partial charge on any atom is 0.0391 e. The molecular formula is C17H25NS. The van der Waals surface area contributed by atoms with Gasteiger partial charge in [-0.15, -0.1) is 11.3 Å². The Labute approximate surface area is 121 Å². The van der Waals surface area contributed by atoms with Gasteiger partial charge in [0.05, 0.1) is 0 Å². The first kappa shape index (κ1) is 14.5. The Morgan fingerprint density at radius 3 is 2.58 bits per heavy atom. The Morgan fingerprint density at radius 2 is 1.95 bits per heavy atom. The summed E-state index contributed by atoms with van der Waals surface area (Å²) in [4.78, 5) is 1.50. The molecule has 0 aliphatic heterocycles. The molecule has 1 aromatic carbocycles. The molecule has 0 fully saturated rings. The van der Waals surface area contributed by atoms with Crippen LogP contribution in [0, 0.1) is 6.92 Å². The zero-order valence-electron chi connectivity index (χ0n) is 12.5. The summed E-state index contributed by atoms with van der Waals surface area (Å²) < 4.78 is 1.41. The maximum atomic E-state index is 3.80. The minimum absolute atomic E-state index is 0.453. The number of nitrogens with one attached hydrogen (secondary N) is 1. The van der Waals surface area contributed by atoms with Crippen LogP contribution in [0.2, 0.25) is 0 Å². The second-order valence-electron chi connectivity index (χ2n) is 5.37. The highest BCUT2D eigenvalue weighted by atomic mass is 32.1. The third-order valence-corrected chi connectivity index (χ3v) is 5.35. The van der Waals surface area contributed by atoms with Gasteiger partial charge in [0.15, 0.2) is 0 Å². The van der Waals surface area contributed by atoms with Gasteiger partial charge in [0, 0.05) is 21.7 Å². The Balaban J connectivity index is 2.21. The summed E-state index contributed by atoms with van der Waals surface area (Å²) in [5, 5.41) is 5.21. The van der Waals surface area contributed by atoms with Gasteiger partial charge in [-0.05, 0) is 43.7 Å². The zero-order chi connectivity index (χ0) is 13.8. The van der Waals surface area contributed by atoms with Crippen LogP contribution in [-0.2, 0) is 0 Å². The standard InChI is InChI=1S/C17H25NS/c1-5-9-14(6-2)18-13(4)17-12(3)15-10-7-8-11-16(15)19-17/h7-8,10-11,13-14,18H,5-6,9H2,1-4H3. The van der Waals surface area contributed by atoms with Crippen LogP contribution >= 0.6 is 11.3 Å². The molecule has 19 heavy (non-hydrogen) atoms. The molecule has 2 heteroatoms. The smallest absolute Gasteiger partial charge is 0.0391 e. The van der Waals surface area contributed by atoms with E-state index in [0.717, 1.165) is 0 Å². The molecule has 0 saturated carbocycles. The Bertz CT molecular complexity index is 529. The van der Waals surface area contributed by atoms with Crippen LogP contribution in [0.3, 0.4) is 0 Å². The van der Waals surface area contributed by atoms with Crippen LogP contribution in [0.4, 0.5) is 0 Å². The fraction of sp³-hybridized carbons (Fsp3) is 0.529. The topological polar surface area (TPSA) is 12.0 Å². The van der Waals surface area contributed by atoms with Gasteiger partial charge in [0.1, 0.15) is 0 Å². The lowest BCUT2D eigenvalue weighted by Gasteiger charge is -2.21. The summed E-state index contributed by atoms with van der Waals surface area (Å²) in [6.07, 6.45) is 3.73. The predicted octanol–water partition coefficient (Wildman–Crippen LogP) is 5.44. The number of thiophene rings is 1. The van der Waals surface area contributed by atoms with E-state index in [9.17, 15) is 0 Å². The first-order valence-electron chi connectivity index (χ1n) is 7.41. The molecule has 0 radical (unpaired) electrons. The molecule has 0 bridgehead atoms. The average Bonchev–Trinajstić information content (AvgIpc) is 2.76. The number of rotatable bonds is 6. The quantitative estimate of drug-likeness (QED) is 0.740. The summed E-state index contributed by atoms with van der Waals surface area (Å²) in [6.45, 7) is 9.10. The van der Waals surface area contributed by atoms with Gasteiger partial charge in [-0.25, -0.2) is 0 Å². The van der Waals surface area contributed by atoms with Crippen molar-refractivity contribution in [2.45, 2.75) is 59.0 Å². The van der Waals surface area contributed by atoms with E-state index in [0.29, 0.717) is 12.1 Å². The van der Waals surface area contributed by atoms with Crippen LogP contribution in [0.15, 0.2) is 24.3 Å². The SMILES string of the molecule is CCCC(CC)NC(C)c1sc2ccccc2c1C. The zero-order valence-corrected chi connectivity index (χ0v) is 13.3. The predicted molar refractivity (Wildman–Crippen MR) is 87.1 cm³/mol. The van der Waals surface area contributed by atoms with Gasteiger partial charge in [-0.2, -0.15) is 0 Å². The summed E-state index contributed by atoms with van der Waals surface area (Å²) in [5.74, 6) is 0.